The van der Waals surface area contributed by atoms with E-state index >= 15 is 0 Å². The summed E-state index contributed by atoms with van der Waals surface area (Å²) < 4.78 is 0. The van der Waals surface area contributed by atoms with Crippen LogP contribution in [0.3, 0.4) is 0 Å². The number of unbranched alkanes of at least 4 members (excludes halogenated alkanes) is 1. The fourth-order valence-electron chi connectivity index (χ4n) is 1.80. The molecule has 139 valence electrons. The minimum absolute atomic E-state index is 0.165. The van der Waals surface area contributed by atoms with Crippen LogP contribution < -0.4 is 0 Å². The highest BCUT2D eigenvalue weighted by molar-refractivity contribution is 5.50. The topological polar surface area (TPSA) is 60.2 Å². The molecule has 0 atom stereocenters. The van der Waals surface area contributed by atoms with Crippen molar-refractivity contribution in [3.63, 3.8) is 0 Å². The van der Waals surface area contributed by atoms with E-state index in [-0.39, 0.29) is 10.6 Å². The molecule has 0 heterocycles. The zero-order chi connectivity index (χ0) is 19.3. The van der Waals surface area contributed by atoms with Gasteiger partial charge in [0.25, 0.3) is 0 Å². The number of allylic oxidation sites excluding steroid dienone is 13. The minimum atomic E-state index is -0.352. The first-order valence-electron chi connectivity index (χ1n) is 8.85. The zero-order valence-corrected chi connectivity index (χ0v) is 15.4. The van der Waals surface area contributed by atoms with E-state index in [9.17, 15) is 14.9 Å². The van der Waals surface area contributed by atoms with Crippen LogP contribution in [0.5, 0.6) is 0 Å². The van der Waals surface area contributed by atoms with Crippen molar-refractivity contribution in [1.82, 2.24) is 0 Å². The van der Waals surface area contributed by atoms with Gasteiger partial charge in [-0.05, 0) is 25.7 Å². The van der Waals surface area contributed by atoms with Crippen molar-refractivity contribution < 1.29 is 9.72 Å². The summed E-state index contributed by atoms with van der Waals surface area (Å²) in [6.07, 6.45) is 30.3. The third kappa shape index (κ3) is 16.1. The third-order valence-electron chi connectivity index (χ3n) is 3.12. The average molecular weight is 354 g/mol. The summed E-state index contributed by atoms with van der Waals surface area (Å²) in [4.78, 5) is 20.7. The second kappa shape index (κ2) is 18.6. The van der Waals surface area contributed by atoms with Crippen molar-refractivity contribution >= 4 is 6.29 Å². The zero-order valence-electron chi connectivity index (χ0n) is 15.4. The Morgan fingerprint density at radius 3 is 2.27 bits per heavy atom. The summed E-state index contributed by atoms with van der Waals surface area (Å²) in [5.74, 6) is 0. The number of nitrogens with zero attached hydrogens (tertiary/aromatic N) is 1. The molecule has 0 bridgehead atoms. The van der Waals surface area contributed by atoms with Gasteiger partial charge in [0.05, 0.1) is 11.3 Å². The molecule has 0 amide bonds. The van der Waals surface area contributed by atoms with Gasteiger partial charge < -0.3 is 0 Å². The molecular weight excluding hydrogens is 326 g/mol. The summed E-state index contributed by atoms with van der Waals surface area (Å²) in [6.45, 7) is 2.07. The number of hydrogen-bond donors (Lipinski definition) is 0. The molecule has 0 aliphatic heterocycles. The van der Waals surface area contributed by atoms with E-state index < -0.39 is 0 Å². The standard InChI is InChI=1S/C22H28NO3/c1-2-3-4-5-13-16-19-22(23(25)26)20-17-14-11-9-7-6-8-10-12-15-18-21-24/h3-4,6-7,9-14,16-17,20H,2,5,8,15,18-19H2,1H3/b4-3-,7-6-,11-9-,12-10-,16-13-,17-14-,22-20+. The molecule has 4 nitrogen and oxygen atoms in total. The predicted octanol–water partition coefficient (Wildman–Crippen LogP) is 5.95. The van der Waals surface area contributed by atoms with Gasteiger partial charge in [0.2, 0.25) is 5.70 Å². The molecule has 0 aromatic carbocycles. The SMILES string of the molecule is CC/C=C\C/C=C\C\C(=C/C=C\C=C/C=C\C/C=C\CC[C]=O)[N+](=O)[O-]. The van der Waals surface area contributed by atoms with E-state index in [2.05, 4.69) is 13.0 Å². The van der Waals surface area contributed by atoms with Gasteiger partial charge in [-0.1, -0.05) is 79.8 Å². The lowest BCUT2D eigenvalue weighted by molar-refractivity contribution is -0.426. The van der Waals surface area contributed by atoms with Crippen molar-refractivity contribution in [2.24, 2.45) is 0 Å². The number of hydrogen-bond acceptors (Lipinski definition) is 3. The minimum Gasteiger partial charge on any atom is -0.291 e. The molecule has 4 heteroatoms. The Morgan fingerprint density at radius 1 is 0.885 bits per heavy atom. The molecule has 0 aromatic heterocycles. The number of carbonyl (C=O) groups excluding carboxylic acids is 1. The molecule has 0 saturated carbocycles. The van der Waals surface area contributed by atoms with E-state index in [0.29, 0.717) is 12.8 Å². The molecule has 0 saturated heterocycles. The molecule has 0 rings (SSSR count). The van der Waals surface area contributed by atoms with E-state index in [1.54, 1.807) is 12.2 Å². The highest BCUT2D eigenvalue weighted by Crippen LogP contribution is 2.05. The van der Waals surface area contributed by atoms with Crippen LogP contribution in [0.15, 0.2) is 84.7 Å². The molecule has 0 aliphatic carbocycles. The van der Waals surface area contributed by atoms with Gasteiger partial charge in [-0.25, -0.2) is 0 Å². The first-order chi connectivity index (χ1) is 12.7. The van der Waals surface area contributed by atoms with Crippen LogP contribution in [0.2, 0.25) is 0 Å². The van der Waals surface area contributed by atoms with Crippen molar-refractivity contribution in [2.75, 3.05) is 0 Å². The predicted molar refractivity (Wildman–Crippen MR) is 109 cm³/mol. The lowest BCUT2D eigenvalue weighted by atomic mass is 10.2. The summed E-state index contributed by atoms with van der Waals surface area (Å²) in [5.41, 5.74) is 0.165. The van der Waals surface area contributed by atoms with Gasteiger partial charge in [-0.15, -0.1) is 0 Å². The fraction of sp³-hybridized carbons (Fsp3) is 0.318. The largest absolute Gasteiger partial charge is 0.291 e. The average Bonchev–Trinajstić information content (AvgIpc) is 2.63. The molecule has 26 heavy (non-hydrogen) atoms. The van der Waals surface area contributed by atoms with Crippen molar-refractivity contribution in [3.8, 4) is 0 Å². The lowest BCUT2D eigenvalue weighted by Crippen LogP contribution is -1.96. The Balaban J connectivity index is 4.23. The number of rotatable bonds is 14. The highest BCUT2D eigenvalue weighted by atomic mass is 16.6. The Bertz CT molecular complexity index is 591. The lowest BCUT2D eigenvalue weighted by Gasteiger charge is -1.91. The van der Waals surface area contributed by atoms with E-state index in [4.69, 9.17) is 0 Å². The van der Waals surface area contributed by atoms with Crippen LogP contribution in [-0.2, 0) is 4.79 Å². The summed E-state index contributed by atoms with van der Waals surface area (Å²) in [5, 5.41) is 11.0. The molecule has 0 fully saturated rings. The Morgan fingerprint density at radius 2 is 1.54 bits per heavy atom. The van der Waals surface area contributed by atoms with Crippen LogP contribution in [0, 0.1) is 10.1 Å². The van der Waals surface area contributed by atoms with Gasteiger partial charge >= 0.3 is 0 Å². The third-order valence-corrected chi connectivity index (χ3v) is 3.12. The molecule has 0 aromatic rings. The quantitative estimate of drug-likeness (QED) is 0.127. The Kier molecular flexibility index (Phi) is 16.6. The van der Waals surface area contributed by atoms with Crippen LogP contribution in [0.25, 0.3) is 0 Å². The van der Waals surface area contributed by atoms with Crippen LogP contribution in [0.1, 0.15) is 45.4 Å². The van der Waals surface area contributed by atoms with Gasteiger partial charge in [0.1, 0.15) is 0 Å². The van der Waals surface area contributed by atoms with Gasteiger partial charge in [0.15, 0.2) is 6.29 Å². The molecule has 0 unspecified atom stereocenters. The van der Waals surface area contributed by atoms with E-state index in [1.807, 2.05) is 61.0 Å². The highest BCUT2D eigenvalue weighted by Gasteiger charge is 2.05. The van der Waals surface area contributed by atoms with Crippen molar-refractivity contribution in [2.45, 2.75) is 45.4 Å². The normalized spacial score (nSPS) is 13.5. The second-order valence-corrected chi connectivity index (χ2v) is 5.29. The maximum Gasteiger partial charge on any atom is 0.249 e. The monoisotopic (exact) mass is 354 g/mol. The molecular formula is C22H28NO3. The molecule has 0 N–H and O–H groups in total. The van der Waals surface area contributed by atoms with Crippen LogP contribution in [-0.4, -0.2) is 11.2 Å². The fourth-order valence-corrected chi connectivity index (χ4v) is 1.80. The Labute approximate surface area is 156 Å². The first kappa shape index (κ1) is 23.2. The summed E-state index contributed by atoms with van der Waals surface area (Å²) >= 11 is 0. The maximum atomic E-state index is 11.0. The van der Waals surface area contributed by atoms with Gasteiger partial charge in [-0.3, -0.25) is 14.9 Å². The second-order valence-electron chi connectivity index (χ2n) is 5.29. The molecule has 0 spiro atoms. The summed E-state index contributed by atoms with van der Waals surface area (Å²) in [6, 6.07) is 0. The summed E-state index contributed by atoms with van der Waals surface area (Å²) in [7, 11) is 0. The van der Waals surface area contributed by atoms with Crippen molar-refractivity contribution in [1.29, 1.82) is 0 Å². The molecule has 0 aliphatic rings. The Hall–Kier alpha value is -2.75. The van der Waals surface area contributed by atoms with E-state index in [0.717, 1.165) is 25.7 Å². The van der Waals surface area contributed by atoms with Crippen LogP contribution in [0.4, 0.5) is 0 Å². The van der Waals surface area contributed by atoms with E-state index in [1.165, 1.54) is 6.08 Å². The smallest absolute Gasteiger partial charge is 0.249 e. The maximum absolute atomic E-state index is 11.0. The van der Waals surface area contributed by atoms with Gasteiger partial charge in [-0.2, -0.15) is 0 Å². The van der Waals surface area contributed by atoms with Crippen LogP contribution >= 0.6 is 0 Å². The van der Waals surface area contributed by atoms with Crippen molar-refractivity contribution in [3.05, 3.63) is 94.8 Å². The number of nitro groups is 1. The van der Waals surface area contributed by atoms with Gasteiger partial charge in [0, 0.05) is 12.5 Å². The molecule has 1 radical (unpaired) electrons. The first-order valence-corrected chi connectivity index (χ1v) is 8.85.